The Morgan fingerprint density at radius 1 is 0.682 bits per heavy atom. The molecule has 0 spiro atoms. The molecule has 0 amide bonds. The van der Waals surface area contributed by atoms with Crippen LogP contribution in [-0.4, -0.2) is 6.29 Å². The second kappa shape index (κ2) is 6.68. The lowest BCUT2D eigenvalue weighted by molar-refractivity contribution is 0.112. The summed E-state index contributed by atoms with van der Waals surface area (Å²) < 4.78 is 0. The van der Waals surface area contributed by atoms with Gasteiger partial charge in [-0.25, -0.2) is 0 Å². The van der Waals surface area contributed by atoms with E-state index in [9.17, 15) is 4.79 Å². The Balaban J connectivity index is 2.20. The summed E-state index contributed by atoms with van der Waals surface area (Å²) in [5.41, 5.74) is 4.92. The third-order valence-electron chi connectivity index (χ3n) is 3.57. The third-order valence-corrected chi connectivity index (χ3v) is 3.57. The zero-order chi connectivity index (χ0) is 15.2. The van der Waals surface area contributed by atoms with Gasteiger partial charge in [0.05, 0.1) is 0 Å². The number of benzene rings is 3. The minimum atomic E-state index is 0.702. The molecule has 0 atom stereocenters. The first-order chi connectivity index (χ1) is 10.9. The van der Waals surface area contributed by atoms with Crippen molar-refractivity contribution in [1.29, 1.82) is 0 Å². The SMILES string of the molecule is O=Cc1ccccc1/C(=C/c1ccccc1)c1ccccc1. The predicted octanol–water partition coefficient (Wildman–Crippen LogP) is 5.09. The molecule has 1 heteroatoms. The average molecular weight is 284 g/mol. The van der Waals surface area contributed by atoms with Crippen LogP contribution in [0.25, 0.3) is 11.6 Å². The van der Waals surface area contributed by atoms with Gasteiger partial charge >= 0.3 is 0 Å². The largest absolute Gasteiger partial charge is 0.298 e. The molecule has 3 rings (SSSR count). The molecule has 3 aromatic carbocycles. The number of hydrogen-bond acceptors (Lipinski definition) is 1. The van der Waals surface area contributed by atoms with E-state index in [1.165, 1.54) is 0 Å². The van der Waals surface area contributed by atoms with Crippen LogP contribution in [0.15, 0.2) is 84.9 Å². The van der Waals surface area contributed by atoms with Crippen molar-refractivity contribution in [2.24, 2.45) is 0 Å². The zero-order valence-corrected chi connectivity index (χ0v) is 12.1. The van der Waals surface area contributed by atoms with E-state index in [0.29, 0.717) is 5.56 Å². The smallest absolute Gasteiger partial charge is 0.150 e. The fourth-order valence-corrected chi connectivity index (χ4v) is 2.50. The van der Waals surface area contributed by atoms with Crippen molar-refractivity contribution in [2.45, 2.75) is 0 Å². The van der Waals surface area contributed by atoms with Crippen LogP contribution in [0.2, 0.25) is 0 Å². The fraction of sp³-hybridized carbons (Fsp3) is 0. The van der Waals surface area contributed by atoms with Crippen LogP contribution >= 0.6 is 0 Å². The normalized spacial score (nSPS) is 11.2. The summed E-state index contributed by atoms with van der Waals surface area (Å²) in [6.45, 7) is 0. The Morgan fingerprint density at radius 3 is 1.95 bits per heavy atom. The highest BCUT2D eigenvalue weighted by atomic mass is 16.1. The van der Waals surface area contributed by atoms with Crippen molar-refractivity contribution >= 4 is 17.9 Å². The van der Waals surface area contributed by atoms with Gasteiger partial charge in [0.25, 0.3) is 0 Å². The minimum Gasteiger partial charge on any atom is -0.298 e. The van der Waals surface area contributed by atoms with Crippen LogP contribution in [-0.2, 0) is 0 Å². The van der Waals surface area contributed by atoms with Crippen molar-refractivity contribution in [3.8, 4) is 0 Å². The van der Waals surface area contributed by atoms with E-state index in [1.807, 2.05) is 60.7 Å². The van der Waals surface area contributed by atoms with E-state index in [0.717, 1.165) is 28.5 Å². The molecule has 0 N–H and O–H groups in total. The summed E-state index contributed by atoms with van der Waals surface area (Å²) in [4.78, 5) is 11.4. The molecule has 0 unspecified atom stereocenters. The molecule has 0 saturated heterocycles. The Labute approximate surface area is 130 Å². The highest BCUT2D eigenvalue weighted by molar-refractivity contribution is 5.97. The van der Waals surface area contributed by atoms with Gasteiger partial charge in [-0.3, -0.25) is 4.79 Å². The van der Waals surface area contributed by atoms with E-state index in [2.05, 4.69) is 30.3 Å². The number of aldehydes is 1. The molecule has 3 aromatic rings. The van der Waals surface area contributed by atoms with Gasteiger partial charge in [0, 0.05) is 5.56 Å². The third kappa shape index (κ3) is 3.04. The fourth-order valence-electron chi connectivity index (χ4n) is 2.50. The van der Waals surface area contributed by atoms with Crippen molar-refractivity contribution in [1.82, 2.24) is 0 Å². The lowest BCUT2D eigenvalue weighted by Gasteiger charge is -2.11. The molecule has 0 radical (unpaired) electrons. The molecule has 22 heavy (non-hydrogen) atoms. The summed E-state index contributed by atoms with van der Waals surface area (Å²) in [6.07, 6.45) is 3.04. The summed E-state index contributed by atoms with van der Waals surface area (Å²) in [5, 5.41) is 0. The molecule has 0 saturated carbocycles. The van der Waals surface area contributed by atoms with Gasteiger partial charge in [0.15, 0.2) is 6.29 Å². The van der Waals surface area contributed by atoms with Crippen molar-refractivity contribution in [3.63, 3.8) is 0 Å². The van der Waals surface area contributed by atoms with Gasteiger partial charge in [0.2, 0.25) is 0 Å². The Morgan fingerprint density at radius 2 is 1.27 bits per heavy atom. The van der Waals surface area contributed by atoms with E-state index < -0.39 is 0 Å². The number of carbonyl (C=O) groups is 1. The lowest BCUT2D eigenvalue weighted by Crippen LogP contribution is -1.94. The van der Waals surface area contributed by atoms with E-state index >= 15 is 0 Å². The summed E-state index contributed by atoms with van der Waals surface area (Å²) in [5.74, 6) is 0. The van der Waals surface area contributed by atoms with E-state index in [1.54, 1.807) is 0 Å². The number of hydrogen-bond donors (Lipinski definition) is 0. The maximum Gasteiger partial charge on any atom is 0.150 e. The van der Waals surface area contributed by atoms with E-state index in [-0.39, 0.29) is 0 Å². The van der Waals surface area contributed by atoms with Gasteiger partial charge < -0.3 is 0 Å². The second-order valence-corrected chi connectivity index (χ2v) is 5.04. The molecule has 0 heterocycles. The lowest BCUT2D eigenvalue weighted by atomic mass is 9.92. The highest BCUT2D eigenvalue weighted by Crippen LogP contribution is 2.28. The average Bonchev–Trinajstić information content (AvgIpc) is 2.61. The molecule has 0 aromatic heterocycles. The molecule has 1 nitrogen and oxygen atoms in total. The maximum absolute atomic E-state index is 11.4. The van der Waals surface area contributed by atoms with Gasteiger partial charge in [-0.05, 0) is 28.3 Å². The van der Waals surface area contributed by atoms with Gasteiger partial charge in [-0.1, -0.05) is 84.9 Å². The molecule has 0 aliphatic rings. The van der Waals surface area contributed by atoms with Crippen LogP contribution in [0.3, 0.4) is 0 Å². The van der Waals surface area contributed by atoms with Gasteiger partial charge in [-0.15, -0.1) is 0 Å². The second-order valence-electron chi connectivity index (χ2n) is 5.04. The number of carbonyl (C=O) groups excluding carboxylic acids is 1. The summed E-state index contributed by atoms with van der Waals surface area (Å²) >= 11 is 0. The Bertz CT molecular complexity index is 786. The van der Waals surface area contributed by atoms with Crippen LogP contribution in [0, 0.1) is 0 Å². The van der Waals surface area contributed by atoms with Crippen LogP contribution in [0.5, 0.6) is 0 Å². The summed E-state index contributed by atoms with van der Waals surface area (Å²) in [7, 11) is 0. The monoisotopic (exact) mass is 284 g/mol. The van der Waals surface area contributed by atoms with Crippen LogP contribution < -0.4 is 0 Å². The first-order valence-electron chi connectivity index (χ1n) is 7.25. The topological polar surface area (TPSA) is 17.1 Å². The maximum atomic E-state index is 11.4. The predicted molar refractivity (Wildman–Crippen MR) is 91.7 cm³/mol. The Kier molecular flexibility index (Phi) is 4.26. The van der Waals surface area contributed by atoms with E-state index in [4.69, 9.17) is 0 Å². The summed E-state index contributed by atoms with van der Waals surface area (Å²) in [6, 6.07) is 28.0. The molecular formula is C21H16O. The van der Waals surface area contributed by atoms with Gasteiger partial charge in [0.1, 0.15) is 0 Å². The van der Waals surface area contributed by atoms with Crippen molar-refractivity contribution < 1.29 is 4.79 Å². The highest BCUT2D eigenvalue weighted by Gasteiger charge is 2.09. The molecule has 0 fully saturated rings. The quantitative estimate of drug-likeness (QED) is 0.482. The van der Waals surface area contributed by atoms with Crippen molar-refractivity contribution in [2.75, 3.05) is 0 Å². The first-order valence-corrected chi connectivity index (χ1v) is 7.25. The molecular weight excluding hydrogens is 268 g/mol. The van der Waals surface area contributed by atoms with Crippen LogP contribution in [0.4, 0.5) is 0 Å². The molecule has 0 aliphatic carbocycles. The Hall–Kier alpha value is -2.93. The van der Waals surface area contributed by atoms with Gasteiger partial charge in [-0.2, -0.15) is 0 Å². The standard InChI is InChI=1S/C21H16O/c22-16-19-13-7-8-14-20(19)21(18-11-5-2-6-12-18)15-17-9-3-1-4-10-17/h1-16H/b21-15+. The van der Waals surface area contributed by atoms with Crippen molar-refractivity contribution in [3.05, 3.63) is 107 Å². The molecule has 0 bridgehead atoms. The first kappa shape index (κ1) is 14.0. The zero-order valence-electron chi connectivity index (χ0n) is 12.1. The molecule has 0 aliphatic heterocycles. The minimum absolute atomic E-state index is 0.702. The molecule has 106 valence electrons. The van der Waals surface area contributed by atoms with Crippen LogP contribution in [0.1, 0.15) is 27.0 Å². The number of rotatable bonds is 4.